The maximum atomic E-state index is 9.23. The molecule has 5 nitrogen and oxygen atoms in total. The maximum absolute atomic E-state index is 9.23. The normalized spacial score (nSPS) is 10.3. The van der Waals surface area contributed by atoms with E-state index in [1.54, 1.807) is 4.68 Å². The first-order chi connectivity index (χ1) is 11.3. The summed E-state index contributed by atoms with van der Waals surface area (Å²) in [5.41, 5.74) is 3.16. The van der Waals surface area contributed by atoms with Gasteiger partial charge in [0.15, 0.2) is 5.69 Å². The van der Waals surface area contributed by atoms with E-state index in [2.05, 4.69) is 16.4 Å². The van der Waals surface area contributed by atoms with Crippen LogP contribution < -0.4 is 4.74 Å². The first-order valence-corrected chi connectivity index (χ1v) is 7.36. The summed E-state index contributed by atoms with van der Waals surface area (Å²) in [5.74, 6) is 0.817. The van der Waals surface area contributed by atoms with Crippen LogP contribution >= 0.6 is 0 Å². The third kappa shape index (κ3) is 3.38. The van der Waals surface area contributed by atoms with Gasteiger partial charge in [-0.1, -0.05) is 53.2 Å². The molecule has 3 rings (SSSR count). The lowest BCUT2D eigenvalue weighted by atomic mass is 10.1. The Morgan fingerprint density at radius 3 is 2.52 bits per heavy atom. The monoisotopic (exact) mass is 304 g/mol. The predicted molar refractivity (Wildman–Crippen MR) is 86.8 cm³/mol. The average Bonchev–Trinajstić information content (AvgIpc) is 3.00. The number of aryl methyl sites for hydroxylation is 1. The molecule has 0 aliphatic rings. The Labute approximate surface area is 134 Å². The van der Waals surface area contributed by atoms with Gasteiger partial charge in [-0.3, -0.25) is 0 Å². The summed E-state index contributed by atoms with van der Waals surface area (Å²) in [5, 5.41) is 17.2. The Bertz CT molecular complexity index is 816. The number of nitriles is 1. The molecule has 1 aromatic heterocycles. The van der Waals surface area contributed by atoms with Crippen molar-refractivity contribution in [3.8, 4) is 23.1 Å². The number of hydrogen-bond acceptors (Lipinski definition) is 4. The molecular weight excluding hydrogens is 288 g/mol. The minimum atomic E-state index is 0.325. The van der Waals surface area contributed by atoms with Gasteiger partial charge in [-0.2, -0.15) is 5.26 Å². The van der Waals surface area contributed by atoms with Crippen molar-refractivity contribution in [1.29, 1.82) is 5.26 Å². The Balaban J connectivity index is 1.75. The molecule has 23 heavy (non-hydrogen) atoms. The molecule has 0 bridgehead atoms. The summed E-state index contributed by atoms with van der Waals surface area (Å²) in [7, 11) is 0. The molecule has 0 spiro atoms. The van der Waals surface area contributed by atoms with Crippen LogP contribution in [0.4, 0.5) is 0 Å². The molecule has 0 fully saturated rings. The van der Waals surface area contributed by atoms with Gasteiger partial charge in [-0.25, -0.2) is 4.68 Å². The van der Waals surface area contributed by atoms with Gasteiger partial charge < -0.3 is 4.74 Å². The average molecular weight is 304 g/mol. The Morgan fingerprint density at radius 1 is 1.09 bits per heavy atom. The van der Waals surface area contributed by atoms with E-state index in [-0.39, 0.29) is 0 Å². The van der Waals surface area contributed by atoms with Crippen LogP contribution in [0.15, 0.2) is 54.6 Å². The summed E-state index contributed by atoms with van der Waals surface area (Å²) in [6, 6.07) is 19.7. The fraction of sp³-hybridized carbons (Fsp3) is 0.167. The molecule has 2 aromatic carbocycles. The smallest absolute Gasteiger partial charge is 0.190 e. The van der Waals surface area contributed by atoms with Crippen molar-refractivity contribution in [3.05, 3.63) is 65.9 Å². The number of benzene rings is 2. The predicted octanol–water partition coefficient (Wildman–Crippen LogP) is 3.20. The summed E-state index contributed by atoms with van der Waals surface area (Å²) in [6.45, 7) is 3.01. The Hall–Kier alpha value is -3.13. The van der Waals surface area contributed by atoms with Gasteiger partial charge in [-0.15, -0.1) is 5.10 Å². The van der Waals surface area contributed by atoms with Crippen molar-refractivity contribution < 1.29 is 4.74 Å². The van der Waals surface area contributed by atoms with Crippen LogP contribution in [0.5, 0.6) is 5.75 Å². The topological polar surface area (TPSA) is 63.7 Å². The fourth-order valence-electron chi connectivity index (χ4n) is 2.31. The molecule has 0 saturated heterocycles. The van der Waals surface area contributed by atoms with Crippen LogP contribution in [0.25, 0.3) is 11.3 Å². The molecule has 0 saturated carbocycles. The van der Waals surface area contributed by atoms with Gasteiger partial charge in [0, 0.05) is 5.56 Å². The van der Waals surface area contributed by atoms with Crippen molar-refractivity contribution in [1.82, 2.24) is 15.0 Å². The van der Waals surface area contributed by atoms with Gasteiger partial charge >= 0.3 is 0 Å². The number of nitrogens with zero attached hydrogens (tertiary/aromatic N) is 4. The third-order valence-corrected chi connectivity index (χ3v) is 3.48. The van der Waals surface area contributed by atoms with E-state index in [4.69, 9.17) is 4.74 Å². The van der Waals surface area contributed by atoms with Crippen LogP contribution in [0, 0.1) is 18.3 Å². The second-order valence-corrected chi connectivity index (χ2v) is 5.15. The molecule has 0 aliphatic carbocycles. The molecule has 5 heteroatoms. The molecule has 0 atom stereocenters. The Morgan fingerprint density at radius 2 is 1.83 bits per heavy atom. The van der Waals surface area contributed by atoms with Crippen LogP contribution in [0.1, 0.15) is 11.3 Å². The van der Waals surface area contributed by atoms with E-state index < -0.39 is 0 Å². The van der Waals surface area contributed by atoms with Crippen molar-refractivity contribution in [3.63, 3.8) is 0 Å². The number of rotatable bonds is 5. The zero-order valence-electron chi connectivity index (χ0n) is 12.8. The van der Waals surface area contributed by atoms with Gasteiger partial charge in [0.05, 0.1) is 6.54 Å². The maximum Gasteiger partial charge on any atom is 0.190 e. The third-order valence-electron chi connectivity index (χ3n) is 3.48. The first kappa shape index (κ1) is 14.8. The van der Waals surface area contributed by atoms with E-state index in [1.165, 1.54) is 5.56 Å². The van der Waals surface area contributed by atoms with E-state index in [0.717, 1.165) is 17.0 Å². The number of hydrogen-bond donors (Lipinski definition) is 0. The molecule has 0 unspecified atom stereocenters. The second kappa shape index (κ2) is 6.75. The van der Waals surface area contributed by atoms with Crippen molar-refractivity contribution in [2.75, 3.05) is 6.61 Å². The SMILES string of the molecule is Cc1ccc(OCCn2nnc(C#N)c2-c2ccccc2)cc1. The van der Waals surface area contributed by atoms with Gasteiger partial charge in [0.25, 0.3) is 0 Å². The highest BCUT2D eigenvalue weighted by Gasteiger charge is 2.14. The minimum absolute atomic E-state index is 0.325. The molecule has 114 valence electrons. The fourth-order valence-corrected chi connectivity index (χ4v) is 2.31. The lowest BCUT2D eigenvalue weighted by Crippen LogP contribution is -2.11. The summed E-state index contributed by atoms with van der Waals surface area (Å²) in [6.07, 6.45) is 0. The molecule has 0 N–H and O–H groups in total. The van der Waals surface area contributed by atoms with Crippen LogP contribution in [0.3, 0.4) is 0 Å². The highest BCUT2D eigenvalue weighted by atomic mass is 16.5. The summed E-state index contributed by atoms with van der Waals surface area (Å²) in [4.78, 5) is 0. The standard InChI is InChI=1S/C18H16N4O/c1-14-7-9-16(10-8-14)23-12-11-22-18(17(13-19)20-21-22)15-5-3-2-4-6-15/h2-10H,11-12H2,1H3. The van der Waals surface area contributed by atoms with Gasteiger partial charge in [0.1, 0.15) is 24.1 Å². The van der Waals surface area contributed by atoms with Crippen molar-refractivity contribution >= 4 is 0 Å². The van der Waals surface area contributed by atoms with E-state index in [1.807, 2.05) is 61.5 Å². The zero-order chi connectivity index (χ0) is 16.1. The highest BCUT2D eigenvalue weighted by molar-refractivity contribution is 5.64. The lowest BCUT2D eigenvalue weighted by molar-refractivity contribution is 0.290. The zero-order valence-corrected chi connectivity index (χ0v) is 12.8. The largest absolute Gasteiger partial charge is 0.492 e. The van der Waals surface area contributed by atoms with Crippen molar-refractivity contribution in [2.45, 2.75) is 13.5 Å². The van der Waals surface area contributed by atoms with Gasteiger partial charge in [0.2, 0.25) is 0 Å². The summed E-state index contributed by atoms with van der Waals surface area (Å²) < 4.78 is 7.44. The lowest BCUT2D eigenvalue weighted by Gasteiger charge is -2.09. The quantitative estimate of drug-likeness (QED) is 0.726. The van der Waals surface area contributed by atoms with E-state index >= 15 is 0 Å². The minimum Gasteiger partial charge on any atom is -0.492 e. The molecule has 3 aromatic rings. The molecular formula is C18H16N4O. The number of aromatic nitrogens is 3. The van der Waals surface area contributed by atoms with Crippen molar-refractivity contribution in [2.24, 2.45) is 0 Å². The summed E-state index contributed by atoms with van der Waals surface area (Å²) >= 11 is 0. The number of ether oxygens (including phenoxy) is 1. The molecule has 1 heterocycles. The van der Waals surface area contributed by atoms with E-state index in [9.17, 15) is 5.26 Å². The second-order valence-electron chi connectivity index (χ2n) is 5.15. The molecule has 0 amide bonds. The Kier molecular flexibility index (Phi) is 4.34. The van der Waals surface area contributed by atoms with Crippen LogP contribution in [0.2, 0.25) is 0 Å². The van der Waals surface area contributed by atoms with Crippen LogP contribution in [-0.2, 0) is 6.54 Å². The highest BCUT2D eigenvalue weighted by Crippen LogP contribution is 2.21. The molecule has 0 radical (unpaired) electrons. The van der Waals surface area contributed by atoms with Gasteiger partial charge in [-0.05, 0) is 19.1 Å². The van der Waals surface area contributed by atoms with Crippen LogP contribution in [-0.4, -0.2) is 21.6 Å². The van der Waals surface area contributed by atoms with E-state index in [0.29, 0.717) is 18.8 Å². The first-order valence-electron chi connectivity index (χ1n) is 7.36. The molecule has 0 aliphatic heterocycles.